The highest BCUT2D eigenvalue weighted by atomic mass is 35.5. The summed E-state index contributed by atoms with van der Waals surface area (Å²) in [5.41, 5.74) is 7.10. The minimum atomic E-state index is -0.489. The number of aromatic nitrogens is 1. The van der Waals surface area contributed by atoms with Crippen LogP contribution in [-0.2, 0) is 0 Å². The lowest BCUT2D eigenvalue weighted by atomic mass is 10.1. The van der Waals surface area contributed by atoms with E-state index in [1.165, 1.54) is 0 Å². The maximum atomic E-state index is 11.2. The van der Waals surface area contributed by atoms with Crippen LogP contribution < -0.4 is 5.73 Å². The molecule has 15 heavy (non-hydrogen) atoms. The first-order chi connectivity index (χ1) is 7.00. The van der Waals surface area contributed by atoms with Gasteiger partial charge in [0.1, 0.15) is 0 Å². The lowest BCUT2D eigenvalue weighted by Crippen LogP contribution is -2.11. The summed E-state index contributed by atoms with van der Waals surface area (Å²) in [6, 6.07) is 3.29. The Morgan fingerprint density at radius 3 is 2.67 bits per heavy atom. The molecule has 0 radical (unpaired) electrons. The molecular weight excluding hydrogens is 235 g/mol. The molecule has 0 bridgehead atoms. The molecule has 0 saturated heterocycles. The van der Waals surface area contributed by atoms with Crippen molar-refractivity contribution in [3.05, 3.63) is 33.4 Å². The lowest BCUT2D eigenvalue weighted by molar-refractivity contribution is 0.100. The predicted molar refractivity (Wildman–Crippen MR) is 61.6 cm³/mol. The average molecular weight is 243 g/mol. The van der Waals surface area contributed by atoms with Crippen molar-refractivity contribution in [1.29, 1.82) is 0 Å². The molecule has 5 heteroatoms. The number of nitrogens with two attached hydrogens (primary N) is 1. The molecule has 0 aliphatic carbocycles. The molecule has 1 aromatic carbocycles. The molecule has 1 heterocycles. The van der Waals surface area contributed by atoms with Gasteiger partial charge in [0.05, 0.1) is 16.1 Å². The van der Waals surface area contributed by atoms with E-state index in [1.807, 2.05) is 0 Å². The van der Waals surface area contributed by atoms with Crippen LogP contribution in [-0.4, -0.2) is 10.9 Å². The molecule has 0 atom stereocenters. The van der Waals surface area contributed by atoms with Crippen LogP contribution in [0, 0.1) is 6.92 Å². The first kappa shape index (κ1) is 10.3. The fourth-order valence-electron chi connectivity index (χ4n) is 1.67. The number of carbonyl (C=O) groups is 1. The fraction of sp³-hybridized carbons (Fsp3) is 0.100. The summed E-state index contributed by atoms with van der Waals surface area (Å²) in [5, 5.41) is 1.62. The molecule has 0 fully saturated rings. The molecule has 3 nitrogen and oxygen atoms in total. The third kappa shape index (κ3) is 1.58. The number of aryl methyl sites for hydroxylation is 1. The molecule has 78 valence electrons. The Morgan fingerprint density at radius 2 is 2.07 bits per heavy atom. The molecule has 0 aliphatic heterocycles. The minimum Gasteiger partial charge on any atom is -0.366 e. The number of fused-ring (bicyclic) bond motifs is 1. The molecule has 0 unspecified atom stereocenters. The van der Waals surface area contributed by atoms with Crippen LogP contribution in [0.4, 0.5) is 0 Å². The van der Waals surface area contributed by atoms with E-state index in [2.05, 4.69) is 4.98 Å². The van der Waals surface area contributed by atoms with Crippen molar-refractivity contribution in [2.75, 3.05) is 0 Å². The quantitative estimate of drug-likeness (QED) is 0.794. The summed E-state index contributed by atoms with van der Waals surface area (Å²) in [5.74, 6) is -0.489. The number of rotatable bonds is 1. The van der Waals surface area contributed by atoms with Gasteiger partial charge in [-0.15, -0.1) is 0 Å². The van der Waals surface area contributed by atoms with Crippen molar-refractivity contribution >= 4 is 40.0 Å². The van der Waals surface area contributed by atoms with Crippen LogP contribution in [0.3, 0.4) is 0 Å². The Hall–Kier alpha value is -1.19. The van der Waals surface area contributed by atoms with E-state index in [4.69, 9.17) is 28.9 Å². The number of aromatic amines is 1. The zero-order valence-corrected chi connectivity index (χ0v) is 9.41. The molecule has 0 spiro atoms. The topological polar surface area (TPSA) is 58.9 Å². The minimum absolute atomic E-state index is 0.439. The SMILES string of the molecule is Cc1[nH]c2c(Cl)cc(Cl)cc2c1C(N)=O. The van der Waals surface area contributed by atoms with Crippen molar-refractivity contribution in [2.24, 2.45) is 5.73 Å². The van der Waals surface area contributed by atoms with Gasteiger partial charge in [0.2, 0.25) is 0 Å². The van der Waals surface area contributed by atoms with Crippen LogP contribution in [0.1, 0.15) is 16.1 Å². The molecule has 2 aromatic rings. The number of amides is 1. The van der Waals surface area contributed by atoms with Gasteiger partial charge in [-0.2, -0.15) is 0 Å². The van der Waals surface area contributed by atoms with Gasteiger partial charge in [-0.05, 0) is 19.1 Å². The molecule has 3 N–H and O–H groups in total. The number of benzene rings is 1. The number of halogens is 2. The van der Waals surface area contributed by atoms with Gasteiger partial charge in [0, 0.05) is 16.1 Å². The predicted octanol–water partition coefficient (Wildman–Crippen LogP) is 2.88. The summed E-state index contributed by atoms with van der Waals surface area (Å²) in [6.07, 6.45) is 0. The Morgan fingerprint density at radius 1 is 1.40 bits per heavy atom. The van der Waals surface area contributed by atoms with E-state index in [1.54, 1.807) is 19.1 Å². The van der Waals surface area contributed by atoms with E-state index in [-0.39, 0.29) is 0 Å². The Balaban J connectivity index is 2.93. The van der Waals surface area contributed by atoms with Crippen LogP contribution in [0.15, 0.2) is 12.1 Å². The number of H-pyrrole nitrogens is 1. The highest BCUT2D eigenvalue weighted by Crippen LogP contribution is 2.31. The largest absolute Gasteiger partial charge is 0.366 e. The molecule has 1 aromatic heterocycles. The van der Waals surface area contributed by atoms with E-state index >= 15 is 0 Å². The van der Waals surface area contributed by atoms with Crippen LogP contribution in [0.2, 0.25) is 10.0 Å². The number of nitrogens with one attached hydrogen (secondary N) is 1. The molecule has 1 amide bonds. The van der Waals surface area contributed by atoms with Crippen molar-refractivity contribution in [3.8, 4) is 0 Å². The third-order valence-electron chi connectivity index (χ3n) is 2.26. The molecule has 2 rings (SSSR count). The zero-order valence-electron chi connectivity index (χ0n) is 7.90. The first-order valence-corrected chi connectivity index (χ1v) is 5.03. The van der Waals surface area contributed by atoms with Gasteiger partial charge >= 0.3 is 0 Å². The van der Waals surface area contributed by atoms with Crippen LogP contribution in [0.5, 0.6) is 0 Å². The molecule has 0 aliphatic rings. The second kappa shape index (κ2) is 3.43. The zero-order chi connectivity index (χ0) is 11.2. The molecule has 0 saturated carbocycles. The van der Waals surface area contributed by atoms with Crippen molar-refractivity contribution in [1.82, 2.24) is 4.98 Å². The summed E-state index contributed by atoms with van der Waals surface area (Å²) < 4.78 is 0. The van der Waals surface area contributed by atoms with Crippen molar-refractivity contribution < 1.29 is 4.79 Å². The first-order valence-electron chi connectivity index (χ1n) is 4.28. The fourth-order valence-corrected chi connectivity index (χ4v) is 2.21. The average Bonchev–Trinajstić information content (AvgIpc) is 2.41. The molecular formula is C10H8Cl2N2O. The van der Waals surface area contributed by atoms with E-state index < -0.39 is 5.91 Å². The summed E-state index contributed by atoms with van der Waals surface area (Å²) in [6.45, 7) is 1.77. The maximum absolute atomic E-state index is 11.2. The number of primary amides is 1. The Bertz CT molecular complexity index is 560. The number of hydrogen-bond donors (Lipinski definition) is 2. The van der Waals surface area contributed by atoms with Gasteiger partial charge in [0.25, 0.3) is 5.91 Å². The second-order valence-electron chi connectivity index (χ2n) is 3.30. The summed E-state index contributed by atoms with van der Waals surface area (Å²) >= 11 is 11.8. The van der Waals surface area contributed by atoms with Crippen LogP contribution in [0.25, 0.3) is 10.9 Å². The van der Waals surface area contributed by atoms with Crippen molar-refractivity contribution in [2.45, 2.75) is 6.92 Å². The lowest BCUT2D eigenvalue weighted by Gasteiger charge is -1.97. The standard InChI is InChI=1S/C10H8Cl2N2O/c1-4-8(10(13)15)6-2-5(11)3-7(12)9(6)14-4/h2-3,14H,1H3,(H2,13,15). The van der Waals surface area contributed by atoms with Gasteiger partial charge < -0.3 is 10.7 Å². The Kier molecular flexibility index (Phi) is 2.37. The van der Waals surface area contributed by atoms with Gasteiger partial charge in [-0.25, -0.2) is 0 Å². The van der Waals surface area contributed by atoms with E-state index in [0.717, 1.165) is 0 Å². The number of carbonyl (C=O) groups excluding carboxylic acids is 1. The summed E-state index contributed by atoms with van der Waals surface area (Å²) in [7, 11) is 0. The van der Waals surface area contributed by atoms with Gasteiger partial charge in [0.15, 0.2) is 0 Å². The van der Waals surface area contributed by atoms with E-state index in [9.17, 15) is 4.79 Å². The van der Waals surface area contributed by atoms with Crippen molar-refractivity contribution in [3.63, 3.8) is 0 Å². The normalized spacial score (nSPS) is 10.9. The summed E-state index contributed by atoms with van der Waals surface area (Å²) in [4.78, 5) is 14.2. The third-order valence-corrected chi connectivity index (χ3v) is 2.77. The second-order valence-corrected chi connectivity index (χ2v) is 4.14. The highest BCUT2D eigenvalue weighted by Gasteiger charge is 2.15. The maximum Gasteiger partial charge on any atom is 0.251 e. The highest BCUT2D eigenvalue weighted by molar-refractivity contribution is 6.39. The van der Waals surface area contributed by atoms with E-state index in [0.29, 0.717) is 32.2 Å². The van der Waals surface area contributed by atoms with Gasteiger partial charge in [-0.3, -0.25) is 4.79 Å². The van der Waals surface area contributed by atoms with Gasteiger partial charge in [-0.1, -0.05) is 23.2 Å². The Labute approximate surface area is 96.2 Å². The smallest absolute Gasteiger partial charge is 0.251 e. The monoisotopic (exact) mass is 242 g/mol. The number of hydrogen-bond acceptors (Lipinski definition) is 1. The van der Waals surface area contributed by atoms with Crippen LogP contribution >= 0.6 is 23.2 Å².